The van der Waals surface area contributed by atoms with E-state index in [9.17, 15) is 9.59 Å². The highest BCUT2D eigenvalue weighted by atomic mass is 16.4. The van der Waals surface area contributed by atoms with Gasteiger partial charge in [-0.2, -0.15) is 0 Å². The molecule has 0 atom stereocenters. The maximum absolute atomic E-state index is 12.7. The van der Waals surface area contributed by atoms with Gasteiger partial charge in [0.1, 0.15) is 0 Å². The number of carbonyl (C=O) groups excluding carboxylic acids is 1. The Morgan fingerprint density at radius 2 is 1.86 bits per heavy atom. The summed E-state index contributed by atoms with van der Waals surface area (Å²) in [6, 6.07) is 22.6. The first kappa shape index (κ1) is 17.6. The number of nitrogens with one attached hydrogen (secondary N) is 2. The van der Waals surface area contributed by atoms with E-state index in [2.05, 4.69) is 27.3 Å². The minimum absolute atomic E-state index is 0.222. The van der Waals surface area contributed by atoms with Gasteiger partial charge in [0.2, 0.25) is 0 Å². The number of amides is 1. The molecule has 1 heterocycles. The fourth-order valence-electron chi connectivity index (χ4n) is 3.07. The lowest BCUT2D eigenvalue weighted by Crippen LogP contribution is -2.18. The van der Waals surface area contributed by atoms with Gasteiger partial charge in [0.25, 0.3) is 5.91 Å². The Morgan fingerprint density at radius 1 is 1.04 bits per heavy atom. The van der Waals surface area contributed by atoms with Gasteiger partial charge in [0.15, 0.2) is 5.58 Å². The van der Waals surface area contributed by atoms with Crippen molar-refractivity contribution in [1.29, 1.82) is 0 Å². The molecule has 0 aliphatic carbocycles. The second kappa shape index (κ2) is 7.44. The topological polar surface area (TPSA) is 78.3 Å². The van der Waals surface area contributed by atoms with Crippen LogP contribution in [0.2, 0.25) is 0 Å². The van der Waals surface area contributed by atoms with Crippen LogP contribution in [0.5, 0.6) is 0 Å². The predicted octanol–water partition coefficient (Wildman–Crippen LogP) is 4.01. The zero-order valence-electron chi connectivity index (χ0n) is 15.3. The van der Waals surface area contributed by atoms with E-state index >= 15 is 0 Å². The van der Waals surface area contributed by atoms with Crippen LogP contribution in [0.25, 0.3) is 11.1 Å². The smallest absolute Gasteiger partial charge is 0.408 e. The molecule has 0 aliphatic heterocycles. The largest absolute Gasteiger partial charge is 0.417 e. The van der Waals surface area contributed by atoms with Gasteiger partial charge in [0, 0.05) is 30.5 Å². The van der Waals surface area contributed by atoms with Gasteiger partial charge < -0.3 is 14.6 Å². The van der Waals surface area contributed by atoms with Crippen molar-refractivity contribution >= 4 is 28.4 Å². The maximum atomic E-state index is 12.7. The Bertz CT molecular complexity index is 1180. The number of rotatable bonds is 5. The monoisotopic (exact) mass is 373 g/mol. The Balaban J connectivity index is 1.51. The molecular weight excluding hydrogens is 354 g/mol. The molecule has 140 valence electrons. The van der Waals surface area contributed by atoms with Crippen molar-refractivity contribution in [2.24, 2.45) is 0 Å². The number of H-pyrrole nitrogens is 1. The van der Waals surface area contributed by atoms with E-state index < -0.39 is 5.76 Å². The lowest BCUT2D eigenvalue weighted by atomic mass is 10.1. The average molecular weight is 373 g/mol. The van der Waals surface area contributed by atoms with Gasteiger partial charge in [-0.05, 0) is 42.0 Å². The average Bonchev–Trinajstić information content (AvgIpc) is 3.08. The summed E-state index contributed by atoms with van der Waals surface area (Å²) in [5.41, 5.74) is 4.27. The molecule has 0 bridgehead atoms. The molecule has 0 spiro atoms. The first-order valence-corrected chi connectivity index (χ1v) is 8.88. The fraction of sp³-hybridized carbons (Fsp3) is 0.0909. The molecule has 1 amide bonds. The minimum atomic E-state index is -0.521. The molecule has 0 radical (unpaired) electrons. The molecule has 3 aromatic carbocycles. The Labute approximate surface area is 161 Å². The quantitative estimate of drug-likeness (QED) is 0.554. The molecule has 28 heavy (non-hydrogen) atoms. The van der Waals surface area contributed by atoms with Gasteiger partial charge in [-0.3, -0.25) is 9.78 Å². The Hall–Kier alpha value is -3.80. The number of benzene rings is 3. The molecule has 0 saturated carbocycles. The number of nitrogens with zero attached hydrogens (tertiary/aromatic N) is 1. The van der Waals surface area contributed by atoms with Crippen molar-refractivity contribution < 1.29 is 9.21 Å². The van der Waals surface area contributed by atoms with Crippen LogP contribution in [0.1, 0.15) is 15.9 Å². The Kier molecular flexibility index (Phi) is 4.68. The zero-order chi connectivity index (χ0) is 19.5. The van der Waals surface area contributed by atoms with E-state index in [1.165, 1.54) is 5.56 Å². The lowest BCUT2D eigenvalue weighted by Gasteiger charge is -2.20. The van der Waals surface area contributed by atoms with E-state index in [1.54, 1.807) is 24.3 Å². The summed E-state index contributed by atoms with van der Waals surface area (Å²) < 4.78 is 4.97. The highest BCUT2D eigenvalue weighted by Gasteiger charge is 2.10. The number of aromatic nitrogens is 1. The number of aromatic amines is 1. The van der Waals surface area contributed by atoms with Crippen molar-refractivity contribution in [1.82, 2.24) is 4.98 Å². The molecule has 0 aliphatic rings. The molecule has 4 aromatic rings. The number of oxazole rings is 1. The van der Waals surface area contributed by atoms with Crippen LogP contribution in [-0.4, -0.2) is 17.9 Å². The third-order valence-electron chi connectivity index (χ3n) is 4.49. The summed E-state index contributed by atoms with van der Waals surface area (Å²) in [5, 5.41) is 2.85. The van der Waals surface area contributed by atoms with E-state index in [0.717, 1.165) is 12.2 Å². The van der Waals surface area contributed by atoms with Crippen LogP contribution in [0, 0.1) is 0 Å². The van der Waals surface area contributed by atoms with Gasteiger partial charge in [-0.1, -0.05) is 36.4 Å². The predicted molar refractivity (Wildman–Crippen MR) is 110 cm³/mol. The number of anilines is 2. The molecule has 1 aromatic heterocycles. The van der Waals surface area contributed by atoms with Gasteiger partial charge >= 0.3 is 5.76 Å². The summed E-state index contributed by atoms with van der Waals surface area (Å²) in [6.07, 6.45) is 0. The third-order valence-corrected chi connectivity index (χ3v) is 4.49. The summed E-state index contributed by atoms with van der Waals surface area (Å²) in [7, 11) is 1.99. The number of hydrogen-bond donors (Lipinski definition) is 2. The fourth-order valence-corrected chi connectivity index (χ4v) is 3.07. The SMILES string of the molecule is CN(Cc1ccccc1)c1cccc(C(=O)Nc2ccc3oc(=O)[nH]c3c2)c1. The third kappa shape index (κ3) is 3.81. The van der Waals surface area contributed by atoms with Crippen LogP contribution in [0.3, 0.4) is 0 Å². The van der Waals surface area contributed by atoms with Crippen LogP contribution >= 0.6 is 0 Å². The summed E-state index contributed by atoms with van der Waals surface area (Å²) in [6.45, 7) is 0.746. The summed E-state index contributed by atoms with van der Waals surface area (Å²) in [5.74, 6) is -0.743. The molecule has 0 fully saturated rings. The van der Waals surface area contributed by atoms with Gasteiger partial charge in [0.05, 0.1) is 5.52 Å². The summed E-state index contributed by atoms with van der Waals surface area (Å²) >= 11 is 0. The molecule has 0 saturated heterocycles. The van der Waals surface area contributed by atoms with Crippen LogP contribution in [0.15, 0.2) is 82.0 Å². The standard InChI is InChI=1S/C22H19N3O3/c1-25(14-15-6-3-2-4-7-15)18-9-5-8-16(12-18)21(26)23-17-10-11-20-19(13-17)24-22(27)28-20/h2-13H,14H2,1H3,(H,23,26)(H,24,27). The Morgan fingerprint density at radius 3 is 2.68 bits per heavy atom. The zero-order valence-corrected chi connectivity index (χ0v) is 15.3. The van der Waals surface area contributed by atoms with E-state index in [-0.39, 0.29) is 5.91 Å². The first-order valence-electron chi connectivity index (χ1n) is 8.88. The lowest BCUT2D eigenvalue weighted by molar-refractivity contribution is 0.102. The molecule has 0 unspecified atom stereocenters. The maximum Gasteiger partial charge on any atom is 0.417 e. The number of carbonyl (C=O) groups is 1. The van der Waals surface area contributed by atoms with E-state index in [1.807, 2.05) is 43.4 Å². The van der Waals surface area contributed by atoms with Crippen molar-refractivity contribution in [3.63, 3.8) is 0 Å². The molecular formula is C22H19N3O3. The normalized spacial score (nSPS) is 10.8. The molecule has 6 heteroatoms. The molecule has 6 nitrogen and oxygen atoms in total. The van der Waals surface area contributed by atoms with Crippen molar-refractivity contribution in [2.75, 3.05) is 17.3 Å². The van der Waals surface area contributed by atoms with Crippen LogP contribution < -0.4 is 16.0 Å². The summed E-state index contributed by atoms with van der Waals surface area (Å²) in [4.78, 5) is 28.6. The second-order valence-corrected chi connectivity index (χ2v) is 6.57. The highest BCUT2D eigenvalue weighted by Crippen LogP contribution is 2.20. The van der Waals surface area contributed by atoms with E-state index in [4.69, 9.17) is 4.42 Å². The van der Waals surface area contributed by atoms with Crippen molar-refractivity contribution in [3.05, 3.63) is 94.5 Å². The number of hydrogen-bond acceptors (Lipinski definition) is 4. The molecule has 2 N–H and O–H groups in total. The van der Waals surface area contributed by atoms with Crippen molar-refractivity contribution in [2.45, 2.75) is 6.54 Å². The first-order chi connectivity index (χ1) is 13.6. The van der Waals surface area contributed by atoms with Crippen molar-refractivity contribution in [3.8, 4) is 0 Å². The van der Waals surface area contributed by atoms with E-state index in [0.29, 0.717) is 22.4 Å². The minimum Gasteiger partial charge on any atom is -0.408 e. The number of fused-ring (bicyclic) bond motifs is 1. The van der Waals surface area contributed by atoms with Crippen LogP contribution in [0.4, 0.5) is 11.4 Å². The van der Waals surface area contributed by atoms with Crippen LogP contribution in [-0.2, 0) is 6.54 Å². The van der Waals surface area contributed by atoms with Gasteiger partial charge in [-0.25, -0.2) is 4.79 Å². The second-order valence-electron chi connectivity index (χ2n) is 6.57. The van der Waals surface area contributed by atoms with Gasteiger partial charge in [-0.15, -0.1) is 0 Å². The molecule has 4 rings (SSSR count). The highest BCUT2D eigenvalue weighted by molar-refractivity contribution is 6.05.